The van der Waals surface area contributed by atoms with E-state index in [1.54, 1.807) is 36.0 Å². The summed E-state index contributed by atoms with van der Waals surface area (Å²) in [5, 5.41) is 7.64. The number of anilines is 1. The average molecular weight is 495 g/mol. The molecule has 1 aliphatic carbocycles. The molecule has 0 atom stereocenters. The zero-order chi connectivity index (χ0) is 24.7. The Kier molecular flexibility index (Phi) is 6.03. The third-order valence-electron chi connectivity index (χ3n) is 6.10. The fourth-order valence-corrected chi connectivity index (χ4v) is 4.50. The van der Waals surface area contributed by atoms with Gasteiger partial charge in [-0.1, -0.05) is 0 Å². The van der Waals surface area contributed by atoms with Gasteiger partial charge in [-0.3, -0.25) is 4.74 Å². The molecular weight excluding hydrogens is 473 g/mol. The van der Waals surface area contributed by atoms with Gasteiger partial charge in [-0.15, -0.1) is 18.3 Å². The standard InChI is InChI=1S/C22H22F5N7O/c1-12-29-17-7-6-16(31-20(17)33(12)11-19(23)24)15-8-9-34-18(15)10-28-21(32-34)30-13-2-4-14(5-3-13)35-22(25,26)27/h6-10,13-14,19H,2-5,11H2,1H3,(H,30,32)/t13-,14+. The molecule has 1 saturated carbocycles. The first-order chi connectivity index (χ1) is 16.7. The molecule has 4 aromatic heterocycles. The lowest BCUT2D eigenvalue weighted by Gasteiger charge is -2.29. The van der Waals surface area contributed by atoms with E-state index in [2.05, 4.69) is 30.1 Å². The number of pyridine rings is 1. The van der Waals surface area contributed by atoms with Crippen LogP contribution >= 0.6 is 0 Å². The quantitative estimate of drug-likeness (QED) is 0.380. The van der Waals surface area contributed by atoms with Gasteiger partial charge in [0.2, 0.25) is 5.95 Å². The minimum Gasteiger partial charge on any atom is -0.350 e. The fraction of sp³-hybridized carbons (Fsp3) is 0.455. The summed E-state index contributed by atoms with van der Waals surface area (Å²) < 4.78 is 70.4. The van der Waals surface area contributed by atoms with Crippen LogP contribution in [0.2, 0.25) is 0 Å². The zero-order valence-electron chi connectivity index (χ0n) is 18.6. The van der Waals surface area contributed by atoms with Crippen molar-refractivity contribution in [1.29, 1.82) is 0 Å². The lowest BCUT2D eigenvalue weighted by Crippen LogP contribution is -2.33. The number of hydrogen-bond donors (Lipinski definition) is 1. The molecule has 0 bridgehead atoms. The number of ether oxygens (including phenoxy) is 1. The van der Waals surface area contributed by atoms with Crippen LogP contribution in [0.1, 0.15) is 31.5 Å². The number of rotatable bonds is 6. The molecule has 0 radical (unpaired) electrons. The minimum atomic E-state index is -4.62. The second kappa shape index (κ2) is 9.02. The topological polar surface area (TPSA) is 82.2 Å². The number of nitrogens with one attached hydrogen (secondary N) is 1. The second-order valence-electron chi connectivity index (χ2n) is 8.52. The maximum atomic E-state index is 13.0. The van der Waals surface area contributed by atoms with E-state index in [9.17, 15) is 22.0 Å². The van der Waals surface area contributed by atoms with E-state index in [1.165, 1.54) is 4.57 Å². The number of fused-ring (bicyclic) bond motifs is 2. The van der Waals surface area contributed by atoms with Crippen LogP contribution in [0.15, 0.2) is 30.6 Å². The molecule has 4 aromatic rings. The maximum Gasteiger partial charge on any atom is 0.522 e. The van der Waals surface area contributed by atoms with Crippen LogP contribution in [0.4, 0.5) is 27.9 Å². The van der Waals surface area contributed by atoms with E-state index < -0.39 is 25.4 Å². The van der Waals surface area contributed by atoms with E-state index in [0.717, 1.165) is 5.56 Å². The molecule has 0 aromatic carbocycles. The lowest BCUT2D eigenvalue weighted by atomic mass is 9.93. The molecule has 0 aliphatic heterocycles. The van der Waals surface area contributed by atoms with Crippen molar-refractivity contribution < 1.29 is 26.7 Å². The SMILES string of the molecule is Cc1nc2ccc(-c3ccn4nc(N[C@H]5CC[C@@H](OC(F)(F)F)CC5)ncc34)nc2n1CC(F)F. The van der Waals surface area contributed by atoms with Gasteiger partial charge >= 0.3 is 6.36 Å². The normalized spacial score (nSPS) is 19.2. The Hall–Kier alpha value is -3.35. The van der Waals surface area contributed by atoms with E-state index in [0.29, 0.717) is 59.8 Å². The van der Waals surface area contributed by atoms with Crippen molar-refractivity contribution >= 4 is 22.6 Å². The molecule has 0 spiro atoms. The minimum absolute atomic E-state index is 0.0574. The predicted molar refractivity (Wildman–Crippen MR) is 117 cm³/mol. The largest absolute Gasteiger partial charge is 0.522 e. The molecule has 5 rings (SSSR count). The molecule has 4 heterocycles. The van der Waals surface area contributed by atoms with Crippen molar-refractivity contribution in [2.45, 2.75) is 64.1 Å². The monoisotopic (exact) mass is 495 g/mol. The van der Waals surface area contributed by atoms with Crippen molar-refractivity contribution in [3.63, 3.8) is 0 Å². The zero-order valence-corrected chi connectivity index (χ0v) is 18.6. The predicted octanol–water partition coefficient (Wildman–Crippen LogP) is 4.97. The van der Waals surface area contributed by atoms with Gasteiger partial charge in [-0.2, -0.15) is 0 Å². The van der Waals surface area contributed by atoms with Crippen LogP contribution in [0, 0.1) is 6.92 Å². The lowest BCUT2D eigenvalue weighted by molar-refractivity contribution is -0.345. The Morgan fingerprint density at radius 2 is 1.89 bits per heavy atom. The van der Waals surface area contributed by atoms with E-state index >= 15 is 0 Å². The summed E-state index contributed by atoms with van der Waals surface area (Å²) in [5.41, 5.74) is 2.88. The van der Waals surface area contributed by atoms with Crippen LogP contribution in [0.5, 0.6) is 0 Å². The number of aryl methyl sites for hydroxylation is 1. The summed E-state index contributed by atoms with van der Waals surface area (Å²) in [6.07, 6.45) is -3.01. The molecular formula is C22H22F5N7O. The first kappa shape index (κ1) is 23.4. The molecule has 13 heteroatoms. The van der Waals surface area contributed by atoms with Gasteiger partial charge in [-0.25, -0.2) is 28.2 Å². The van der Waals surface area contributed by atoms with Crippen molar-refractivity contribution in [3.8, 4) is 11.3 Å². The first-order valence-corrected chi connectivity index (χ1v) is 11.1. The Bertz CT molecular complexity index is 1340. The van der Waals surface area contributed by atoms with Crippen LogP contribution in [-0.4, -0.2) is 54.1 Å². The number of alkyl halides is 5. The summed E-state index contributed by atoms with van der Waals surface area (Å²) in [7, 11) is 0. The Morgan fingerprint density at radius 3 is 2.60 bits per heavy atom. The average Bonchev–Trinajstić information content (AvgIpc) is 3.34. The fourth-order valence-electron chi connectivity index (χ4n) is 4.50. The summed E-state index contributed by atoms with van der Waals surface area (Å²) in [4.78, 5) is 13.2. The smallest absolute Gasteiger partial charge is 0.350 e. The summed E-state index contributed by atoms with van der Waals surface area (Å²) in [6, 6.07) is 5.26. The number of nitrogens with zero attached hydrogens (tertiary/aromatic N) is 6. The van der Waals surface area contributed by atoms with Crippen LogP contribution in [-0.2, 0) is 11.3 Å². The van der Waals surface area contributed by atoms with E-state index in [4.69, 9.17) is 0 Å². The molecule has 186 valence electrons. The molecule has 1 N–H and O–H groups in total. The molecule has 0 amide bonds. The van der Waals surface area contributed by atoms with Gasteiger partial charge in [0.1, 0.15) is 11.3 Å². The summed E-state index contributed by atoms with van der Waals surface area (Å²) in [6.45, 7) is 1.17. The van der Waals surface area contributed by atoms with Crippen molar-refractivity contribution in [2.24, 2.45) is 0 Å². The van der Waals surface area contributed by atoms with Crippen LogP contribution < -0.4 is 5.32 Å². The molecule has 35 heavy (non-hydrogen) atoms. The molecule has 0 unspecified atom stereocenters. The van der Waals surface area contributed by atoms with Gasteiger partial charge in [0.25, 0.3) is 6.43 Å². The number of aromatic nitrogens is 6. The van der Waals surface area contributed by atoms with Gasteiger partial charge in [0.05, 0.1) is 30.1 Å². The highest BCUT2D eigenvalue weighted by Crippen LogP contribution is 2.30. The highest BCUT2D eigenvalue weighted by atomic mass is 19.4. The first-order valence-electron chi connectivity index (χ1n) is 11.1. The van der Waals surface area contributed by atoms with E-state index in [-0.39, 0.29) is 6.04 Å². The highest BCUT2D eigenvalue weighted by molar-refractivity contribution is 5.82. The second-order valence-corrected chi connectivity index (χ2v) is 8.52. The Labute approximate surface area is 196 Å². The Morgan fingerprint density at radius 1 is 1.11 bits per heavy atom. The van der Waals surface area contributed by atoms with Crippen molar-refractivity contribution in [1.82, 2.24) is 29.1 Å². The van der Waals surface area contributed by atoms with Crippen molar-refractivity contribution in [2.75, 3.05) is 5.32 Å². The number of imidazole rings is 1. The molecule has 1 fully saturated rings. The third-order valence-corrected chi connectivity index (χ3v) is 6.10. The molecule has 8 nitrogen and oxygen atoms in total. The maximum absolute atomic E-state index is 13.0. The molecule has 1 aliphatic rings. The van der Waals surface area contributed by atoms with E-state index in [1.807, 2.05) is 6.07 Å². The van der Waals surface area contributed by atoms with Gasteiger partial charge in [0, 0.05) is 17.8 Å². The number of halogens is 5. The van der Waals surface area contributed by atoms with Crippen molar-refractivity contribution in [3.05, 3.63) is 36.4 Å². The van der Waals surface area contributed by atoms with Crippen LogP contribution in [0.25, 0.3) is 27.9 Å². The highest BCUT2D eigenvalue weighted by Gasteiger charge is 2.35. The van der Waals surface area contributed by atoms with Crippen LogP contribution in [0.3, 0.4) is 0 Å². The summed E-state index contributed by atoms with van der Waals surface area (Å²) >= 11 is 0. The summed E-state index contributed by atoms with van der Waals surface area (Å²) in [5.74, 6) is 0.818. The Balaban J connectivity index is 1.34. The van der Waals surface area contributed by atoms with Gasteiger partial charge in [-0.05, 0) is 50.8 Å². The third kappa shape index (κ3) is 5.04. The van der Waals surface area contributed by atoms with Gasteiger partial charge in [0.15, 0.2) is 5.65 Å². The number of hydrogen-bond acceptors (Lipinski definition) is 6. The van der Waals surface area contributed by atoms with Gasteiger partial charge < -0.3 is 9.88 Å². The molecule has 0 saturated heterocycles.